The first-order valence-corrected chi connectivity index (χ1v) is 13.1. The van der Waals surface area contributed by atoms with Crippen LogP contribution in [-0.4, -0.2) is 39.9 Å². The molecule has 0 heterocycles. The molecule has 0 spiro atoms. The Bertz CT molecular complexity index is 878. The molecule has 0 unspecified atom stereocenters. The summed E-state index contributed by atoms with van der Waals surface area (Å²) in [7, 11) is 0.453. The molecule has 0 atom stereocenters. The fourth-order valence-corrected chi connectivity index (χ4v) is 5.82. The Morgan fingerprint density at radius 1 is 0.700 bits per heavy atom. The summed E-state index contributed by atoms with van der Waals surface area (Å²) in [6, 6.07) is 11.5. The smallest absolute Gasteiger partial charge is 0.243 e. The summed E-state index contributed by atoms with van der Waals surface area (Å²) in [5.74, 6) is 0. The quantitative estimate of drug-likeness (QED) is 0.322. The first kappa shape index (κ1) is 24.7. The summed E-state index contributed by atoms with van der Waals surface area (Å²) in [6.45, 7) is 5.46. The maximum Gasteiger partial charge on any atom is 0.243 e. The first-order chi connectivity index (χ1) is 14.4. The van der Waals surface area contributed by atoms with Gasteiger partial charge in [0, 0.05) is 43.6 Å². The van der Waals surface area contributed by atoms with Crippen molar-refractivity contribution in [3.63, 3.8) is 0 Å². The van der Waals surface area contributed by atoms with Gasteiger partial charge in [0.15, 0.2) is 0 Å². The average Bonchev–Trinajstić information content (AvgIpc) is 2.73. The number of unbranched alkanes of at least 4 members (excludes halogenated alkanes) is 7. The predicted molar refractivity (Wildman–Crippen MR) is 130 cm³/mol. The molecule has 2 aromatic carbocycles. The molecule has 0 aliphatic heterocycles. The van der Waals surface area contributed by atoms with Crippen LogP contribution in [0.25, 0.3) is 10.8 Å². The predicted octanol–water partition coefficient (Wildman–Crippen LogP) is 6.45. The van der Waals surface area contributed by atoms with Crippen molar-refractivity contribution in [2.24, 2.45) is 0 Å². The summed E-state index contributed by atoms with van der Waals surface area (Å²) >= 11 is 0. The van der Waals surface area contributed by atoms with E-state index < -0.39 is 10.0 Å². The van der Waals surface area contributed by atoms with Crippen LogP contribution < -0.4 is 4.90 Å². The zero-order chi connectivity index (χ0) is 22.0. The molecule has 0 N–H and O–H groups in total. The molecule has 0 amide bonds. The molecule has 2 rings (SSSR count). The highest BCUT2D eigenvalue weighted by atomic mass is 32.2. The van der Waals surface area contributed by atoms with Crippen molar-refractivity contribution in [1.82, 2.24) is 4.31 Å². The van der Waals surface area contributed by atoms with Gasteiger partial charge in [-0.05, 0) is 25.0 Å². The van der Waals surface area contributed by atoms with Gasteiger partial charge in [-0.15, -0.1) is 0 Å². The van der Waals surface area contributed by atoms with Gasteiger partial charge in [-0.25, -0.2) is 8.42 Å². The van der Waals surface area contributed by atoms with E-state index in [1.165, 1.54) is 38.5 Å². The highest BCUT2D eigenvalue weighted by Gasteiger charge is 2.25. The van der Waals surface area contributed by atoms with E-state index in [1.807, 2.05) is 56.3 Å². The largest absolute Gasteiger partial charge is 0.377 e. The van der Waals surface area contributed by atoms with Crippen molar-refractivity contribution in [2.45, 2.75) is 76.5 Å². The number of sulfonamides is 1. The van der Waals surface area contributed by atoms with Crippen LogP contribution in [0.5, 0.6) is 0 Å². The van der Waals surface area contributed by atoms with E-state index in [9.17, 15) is 8.42 Å². The lowest BCUT2D eigenvalue weighted by Crippen LogP contribution is -2.33. The molecule has 0 saturated carbocycles. The third kappa shape index (κ3) is 6.45. The van der Waals surface area contributed by atoms with Crippen LogP contribution in [0.3, 0.4) is 0 Å². The molecule has 0 aromatic heterocycles. The van der Waals surface area contributed by atoms with E-state index in [4.69, 9.17) is 0 Å². The van der Waals surface area contributed by atoms with Crippen LogP contribution in [-0.2, 0) is 10.0 Å². The van der Waals surface area contributed by atoms with Gasteiger partial charge in [-0.3, -0.25) is 0 Å². The van der Waals surface area contributed by atoms with Gasteiger partial charge < -0.3 is 4.90 Å². The van der Waals surface area contributed by atoms with Crippen molar-refractivity contribution < 1.29 is 8.42 Å². The Hall–Kier alpha value is -1.59. The second-order valence-electron chi connectivity index (χ2n) is 8.40. The molecule has 4 nitrogen and oxygen atoms in total. The molecular weight excluding hydrogens is 392 g/mol. The molecule has 0 bridgehead atoms. The monoisotopic (exact) mass is 432 g/mol. The fourth-order valence-electron chi connectivity index (χ4n) is 4.04. The highest BCUT2D eigenvalue weighted by molar-refractivity contribution is 7.89. The third-order valence-electron chi connectivity index (χ3n) is 5.69. The molecule has 168 valence electrons. The van der Waals surface area contributed by atoms with Crippen molar-refractivity contribution in [3.05, 3.63) is 36.4 Å². The van der Waals surface area contributed by atoms with Gasteiger partial charge in [-0.2, -0.15) is 4.31 Å². The molecular formula is C25H40N2O2S. The molecule has 0 radical (unpaired) electrons. The van der Waals surface area contributed by atoms with Crippen molar-refractivity contribution >= 4 is 26.5 Å². The molecule has 0 aliphatic carbocycles. The van der Waals surface area contributed by atoms with Gasteiger partial charge in [0.2, 0.25) is 10.0 Å². The number of nitrogens with zero attached hydrogens (tertiary/aromatic N) is 2. The molecule has 2 aromatic rings. The van der Waals surface area contributed by atoms with Crippen molar-refractivity contribution in [2.75, 3.05) is 32.1 Å². The normalized spacial score (nSPS) is 12.0. The lowest BCUT2D eigenvalue weighted by molar-refractivity contribution is 0.396. The minimum absolute atomic E-state index is 0.428. The summed E-state index contributed by atoms with van der Waals surface area (Å²) < 4.78 is 28.8. The van der Waals surface area contributed by atoms with E-state index in [1.54, 1.807) is 10.4 Å². The van der Waals surface area contributed by atoms with E-state index in [0.29, 0.717) is 18.0 Å². The van der Waals surface area contributed by atoms with Gasteiger partial charge >= 0.3 is 0 Å². The number of hydrogen-bond donors (Lipinski definition) is 0. The Morgan fingerprint density at radius 2 is 1.30 bits per heavy atom. The van der Waals surface area contributed by atoms with Crippen LogP contribution in [0.15, 0.2) is 41.3 Å². The second-order valence-corrected chi connectivity index (χ2v) is 10.3. The highest BCUT2D eigenvalue weighted by Crippen LogP contribution is 2.31. The Balaban J connectivity index is 2.13. The lowest BCUT2D eigenvalue weighted by atomic mass is 10.1. The SMILES string of the molecule is CCCCCCCCCCN(CCC)S(=O)(=O)c1cccc2c(N(C)C)cccc12. The number of hydrogen-bond acceptors (Lipinski definition) is 3. The van der Waals surface area contributed by atoms with Crippen molar-refractivity contribution in [3.8, 4) is 0 Å². The van der Waals surface area contributed by atoms with Gasteiger partial charge in [0.1, 0.15) is 0 Å². The molecule has 0 fully saturated rings. The molecule has 30 heavy (non-hydrogen) atoms. The number of fused-ring (bicyclic) bond motifs is 1. The van der Waals surface area contributed by atoms with E-state index in [0.717, 1.165) is 35.7 Å². The third-order valence-corrected chi connectivity index (χ3v) is 7.65. The lowest BCUT2D eigenvalue weighted by Gasteiger charge is -2.23. The van der Waals surface area contributed by atoms with E-state index in [2.05, 4.69) is 6.92 Å². The van der Waals surface area contributed by atoms with Crippen LogP contribution in [0.1, 0.15) is 71.6 Å². The number of rotatable bonds is 14. The average molecular weight is 433 g/mol. The minimum atomic E-state index is -3.52. The van der Waals surface area contributed by atoms with Crippen LogP contribution in [0.2, 0.25) is 0 Å². The maximum atomic E-state index is 13.6. The Kier molecular flexibility index (Phi) is 10.1. The van der Waals surface area contributed by atoms with Crippen LogP contribution in [0.4, 0.5) is 5.69 Å². The molecule has 0 saturated heterocycles. The standard InChI is InChI=1S/C25H40N2O2S/c1-5-7-8-9-10-11-12-13-21-27(20-6-2)30(28,29)25-19-15-16-22-23(25)17-14-18-24(22)26(3)4/h14-19H,5-13,20-21H2,1-4H3. The topological polar surface area (TPSA) is 40.6 Å². The maximum absolute atomic E-state index is 13.6. The molecule has 5 heteroatoms. The Labute approximate surface area is 184 Å². The van der Waals surface area contributed by atoms with Gasteiger partial charge in [0.05, 0.1) is 4.90 Å². The van der Waals surface area contributed by atoms with Crippen LogP contribution >= 0.6 is 0 Å². The number of anilines is 1. The van der Waals surface area contributed by atoms with E-state index >= 15 is 0 Å². The number of benzene rings is 2. The first-order valence-electron chi connectivity index (χ1n) is 11.6. The van der Waals surface area contributed by atoms with Gasteiger partial charge in [0.25, 0.3) is 0 Å². The van der Waals surface area contributed by atoms with Crippen molar-refractivity contribution in [1.29, 1.82) is 0 Å². The summed E-state index contributed by atoms with van der Waals surface area (Å²) in [5, 5.41) is 1.79. The summed E-state index contributed by atoms with van der Waals surface area (Å²) in [5.41, 5.74) is 1.04. The fraction of sp³-hybridized carbons (Fsp3) is 0.600. The van der Waals surface area contributed by atoms with Gasteiger partial charge in [-0.1, -0.05) is 83.1 Å². The molecule has 0 aliphatic rings. The zero-order valence-electron chi connectivity index (χ0n) is 19.4. The summed E-state index contributed by atoms with van der Waals surface area (Å²) in [6.07, 6.45) is 10.5. The second kappa shape index (κ2) is 12.3. The minimum Gasteiger partial charge on any atom is -0.377 e. The van der Waals surface area contributed by atoms with E-state index in [-0.39, 0.29) is 0 Å². The summed E-state index contributed by atoms with van der Waals surface area (Å²) in [4.78, 5) is 2.46. The Morgan fingerprint density at radius 3 is 1.93 bits per heavy atom. The van der Waals surface area contributed by atoms with Crippen LogP contribution in [0, 0.1) is 0 Å². The zero-order valence-corrected chi connectivity index (χ0v) is 20.2.